The monoisotopic (exact) mass is 497 g/mol. The molecule has 0 aliphatic heterocycles. The van der Waals surface area contributed by atoms with Crippen molar-refractivity contribution in [3.05, 3.63) is 0 Å². The number of hydrogen-bond acceptors (Lipinski definition) is 7. The van der Waals surface area contributed by atoms with Gasteiger partial charge in [0.05, 0.1) is 6.42 Å². The van der Waals surface area contributed by atoms with Gasteiger partial charge < -0.3 is 36.6 Å². The highest BCUT2D eigenvalue weighted by atomic mass is 35.6. The molecule has 0 saturated carbocycles. The first kappa shape index (κ1) is 36.7. The van der Waals surface area contributed by atoms with Crippen molar-refractivity contribution in [1.29, 1.82) is 0 Å². The number of halogens is 1. The summed E-state index contributed by atoms with van der Waals surface area (Å²) in [7, 11) is -1.14. The van der Waals surface area contributed by atoms with E-state index in [1.807, 2.05) is 5.92 Å². The van der Waals surface area contributed by atoms with E-state index in [1.165, 1.54) is 0 Å². The van der Waals surface area contributed by atoms with E-state index in [0.29, 0.717) is 0 Å². The number of ether oxygens (including phenoxy) is 1. The Morgan fingerprint density at radius 1 is 1.03 bits per heavy atom. The summed E-state index contributed by atoms with van der Waals surface area (Å²) < 4.78 is 4.53. The number of aliphatic carboxylic acids is 3. The van der Waals surface area contributed by atoms with Crippen molar-refractivity contribution in [2.24, 2.45) is 5.73 Å². The van der Waals surface area contributed by atoms with E-state index < -0.39 is 43.3 Å². The molecule has 0 aromatic rings. The number of carbonyl (C=O) groups is 4. The van der Waals surface area contributed by atoms with Crippen LogP contribution in [0.3, 0.4) is 0 Å². The third-order valence-corrected chi connectivity index (χ3v) is 2.44. The Hall–Kier alpha value is -2.61. The number of esters is 1. The number of terminal acetylenes is 2. The second kappa shape index (κ2) is 23.1. The zero-order chi connectivity index (χ0) is 26.3. The van der Waals surface area contributed by atoms with Gasteiger partial charge in [0.2, 0.25) is 0 Å². The number of carboxylic acid groups (broad SMARTS) is 3. The van der Waals surface area contributed by atoms with Crippen LogP contribution in [0, 0.1) is 24.7 Å². The fraction of sp³-hybridized carbons (Fsp3) is 0.579. The molecule has 9 N–H and O–H groups in total. The SMILES string of the molecule is C#CCO.C#CCOC(=O)CC[C@H]([NH3+])C(=O)O.C[Si](C)(C)Cl.N[C@@H](CCC(=O)O)C(=O)O. The van der Waals surface area contributed by atoms with Gasteiger partial charge in [-0.3, -0.25) is 14.4 Å². The van der Waals surface area contributed by atoms with Crippen LogP contribution in [0.2, 0.25) is 19.6 Å². The van der Waals surface area contributed by atoms with E-state index in [2.05, 4.69) is 42.5 Å². The summed E-state index contributed by atoms with van der Waals surface area (Å²) in [6.45, 7) is 6.05. The van der Waals surface area contributed by atoms with Crippen molar-refractivity contribution in [3.8, 4) is 24.7 Å². The number of aliphatic hydroxyl groups is 1. The summed E-state index contributed by atoms with van der Waals surface area (Å²) >= 11 is 5.67. The van der Waals surface area contributed by atoms with Gasteiger partial charge in [-0.25, -0.2) is 4.79 Å². The quantitative estimate of drug-likeness (QED) is 0.105. The molecule has 11 nitrogen and oxygen atoms in total. The molecule has 0 radical (unpaired) electrons. The average molecular weight is 498 g/mol. The molecule has 2 atom stereocenters. The normalized spacial score (nSPS) is 11.0. The molecule has 0 aromatic heterocycles. The largest absolute Gasteiger partial charge is 0.481 e. The minimum atomic E-state index is -1.17. The highest BCUT2D eigenvalue weighted by Gasteiger charge is 2.17. The van der Waals surface area contributed by atoms with Crippen LogP contribution in [-0.4, -0.2) is 77.0 Å². The number of hydrogen-bond donors (Lipinski definition) is 6. The Morgan fingerprint density at radius 2 is 1.47 bits per heavy atom. The van der Waals surface area contributed by atoms with Crippen molar-refractivity contribution < 1.29 is 50.1 Å². The molecule has 13 heteroatoms. The van der Waals surface area contributed by atoms with Crippen LogP contribution < -0.4 is 11.5 Å². The fourth-order valence-corrected chi connectivity index (χ4v) is 1.01. The van der Waals surface area contributed by atoms with E-state index in [0.717, 1.165) is 0 Å². The van der Waals surface area contributed by atoms with Gasteiger partial charge in [-0.2, -0.15) is 11.1 Å². The molecule has 0 heterocycles. The zero-order valence-electron chi connectivity index (χ0n) is 18.5. The summed E-state index contributed by atoms with van der Waals surface area (Å²) in [6, 6.07) is -1.84. The van der Waals surface area contributed by atoms with Gasteiger partial charge in [-0.15, -0.1) is 12.8 Å². The minimum absolute atomic E-state index is 0.0231. The first-order valence-corrected chi connectivity index (χ1v) is 13.6. The summed E-state index contributed by atoms with van der Waals surface area (Å²) in [5.74, 6) is 0.408. The Labute approximate surface area is 193 Å². The molecule has 0 bridgehead atoms. The molecule has 0 amide bonds. The number of quaternary nitrogens is 1. The maximum absolute atomic E-state index is 10.8. The summed E-state index contributed by atoms with van der Waals surface area (Å²) in [6.07, 6.45) is 9.35. The zero-order valence-corrected chi connectivity index (χ0v) is 20.3. The molecule has 0 aliphatic carbocycles. The summed E-state index contributed by atoms with van der Waals surface area (Å²) in [4.78, 5) is 40.9. The van der Waals surface area contributed by atoms with Crippen LogP contribution in [0.1, 0.15) is 25.7 Å². The van der Waals surface area contributed by atoms with E-state index in [9.17, 15) is 19.2 Å². The second-order valence-corrected chi connectivity index (χ2v) is 14.3. The van der Waals surface area contributed by atoms with Gasteiger partial charge in [0.15, 0.2) is 12.6 Å². The van der Waals surface area contributed by atoms with Crippen LogP contribution in [0.25, 0.3) is 0 Å². The molecule has 0 aromatic carbocycles. The second-order valence-electron chi connectivity index (χ2n) is 6.74. The maximum Gasteiger partial charge on any atom is 0.362 e. The van der Waals surface area contributed by atoms with Crippen molar-refractivity contribution >= 4 is 42.3 Å². The Bertz CT molecular complexity index is 634. The summed E-state index contributed by atoms with van der Waals surface area (Å²) in [5, 5.41) is 32.3. The van der Waals surface area contributed by atoms with Crippen molar-refractivity contribution in [2.75, 3.05) is 13.2 Å². The van der Waals surface area contributed by atoms with Gasteiger partial charge in [-0.1, -0.05) is 31.5 Å². The van der Waals surface area contributed by atoms with E-state index in [-0.39, 0.29) is 38.9 Å². The molecule has 0 spiro atoms. The van der Waals surface area contributed by atoms with Gasteiger partial charge in [0.25, 0.3) is 0 Å². The first-order valence-electron chi connectivity index (χ1n) is 9.11. The molecule has 0 rings (SSSR count). The van der Waals surface area contributed by atoms with Crippen LogP contribution in [0.4, 0.5) is 0 Å². The van der Waals surface area contributed by atoms with Gasteiger partial charge >= 0.3 is 23.9 Å². The number of rotatable bonds is 9. The average Bonchev–Trinajstić information content (AvgIpc) is 2.67. The lowest BCUT2D eigenvalue weighted by atomic mass is 10.2. The van der Waals surface area contributed by atoms with Crippen LogP contribution in [0.15, 0.2) is 0 Å². The molecule has 32 heavy (non-hydrogen) atoms. The van der Waals surface area contributed by atoms with Gasteiger partial charge in [-0.05, 0) is 6.42 Å². The molecule has 184 valence electrons. The topological polar surface area (TPSA) is 212 Å². The molecule has 0 aliphatic rings. The van der Waals surface area contributed by atoms with Crippen molar-refractivity contribution in [3.63, 3.8) is 0 Å². The van der Waals surface area contributed by atoms with Crippen LogP contribution >= 0.6 is 11.1 Å². The number of nitrogens with two attached hydrogens (primary N) is 1. The maximum atomic E-state index is 10.8. The van der Waals surface area contributed by atoms with Crippen molar-refractivity contribution in [2.45, 2.75) is 57.4 Å². The molecular weight excluding hydrogens is 464 g/mol. The number of carbonyl (C=O) groups excluding carboxylic acids is 1. The van der Waals surface area contributed by atoms with E-state index >= 15 is 0 Å². The third-order valence-electron chi connectivity index (χ3n) is 2.44. The Kier molecular flexibility index (Phi) is 26.5. The highest BCUT2D eigenvalue weighted by Crippen LogP contribution is 2.03. The van der Waals surface area contributed by atoms with Crippen molar-refractivity contribution in [1.82, 2.24) is 0 Å². The fourth-order valence-electron chi connectivity index (χ4n) is 1.01. The highest BCUT2D eigenvalue weighted by molar-refractivity contribution is 7.18. The number of aliphatic hydroxyl groups excluding tert-OH is 1. The molecular formula is C19H34ClN2O9Si+. The van der Waals surface area contributed by atoms with E-state index in [4.69, 9.17) is 43.7 Å². The minimum Gasteiger partial charge on any atom is -0.481 e. The standard InChI is InChI=1S/C8H11NO4.C5H9NO4.C3H9ClSi.C3H4O/c1-2-5-13-7(10)4-3-6(9)8(11)12;6-3(5(9)10)1-2-4(7)8;1-5(2,3)4;1-2-3-4/h1,6H,3-5,9H2,(H,11,12);3H,1-2,6H2,(H,7,8)(H,9,10);1-3H3;1,4H,3H2/p+1/t6-;3-;;/m00../s1. The number of carboxylic acids is 3. The van der Waals surface area contributed by atoms with Gasteiger partial charge in [0, 0.05) is 12.8 Å². The molecule has 0 fully saturated rings. The van der Waals surface area contributed by atoms with Gasteiger partial charge in [0.1, 0.15) is 20.0 Å². The predicted octanol–water partition coefficient (Wildman–Crippen LogP) is -0.427. The Morgan fingerprint density at radius 3 is 1.75 bits per heavy atom. The van der Waals surface area contributed by atoms with Crippen LogP contribution in [-0.2, 0) is 23.9 Å². The smallest absolute Gasteiger partial charge is 0.362 e. The predicted molar refractivity (Wildman–Crippen MR) is 121 cm³/mol. The molecule has 0 unspecified atom stereocenters. The first-order chi connectivity index (χ1) is 14.5. The molecule has 0 saturated heterocycles. The van der Waals surface area contributed by atoms with E-state index in [1.54, 1.807) is 0 Å². The van der Waals surface area contributed by atoms with Crippen LogP contribution in [0.5, 0.6) is 0 Å². The Balaban J connectivity index is -0.000000181. The third kappa shape index (κ3) is 45.9. The lowest BCUT2D eigenvalue weighted by molar-refractivity contribution is -0.408. The lowest BCUT2D eigenvalue weighted by Crippen LogP contribution is -2.64. The lowest BCUT2D eigenvalue weighted by Gasteiger charge is -2.02. The summed E-state index contributed by atoms with van der Waals surface area (Å²) in [5.41, 5.74) is 8.34.